The minimum Gasteiger partial charge on any atom is -0.357 e. The van der Waals surface area contributed by atoms with Crippen molar-refractivity contribution in [2.75, 3.05) is 25.0 Å². The van der Waals surface area contributed by atoms with Gasteiger partial charge in [-0.2, -0.15) is 4.98 Å². The summed E-state index contributed by atoms with van der Waals surface area (Å²) in [6.07, 6.45) is 5.58. The van der Waals surface area contributed by atoms with Gasteiger partial charge in [-0.15, -0.1) is 0 Å². The summed E-state index contributed by atoms with van der Waals surface area (Å²) in [6.45, 7) is 1.67. The molecule has 0 amide bonds. The van der Waals surface area contributed by atoms with E-state index in [0.717, 1.165) is 56.3 Å². The molecule has 0 radical (unpaired) electrons. The number of pyridine rings is 1. The van der Waals surface area contributed by atoms with Gasteiger partial charge in [-0.3, -0.25) is 0 Å². The van der Waals surface area contributed by atoms with E-state index < -0.39 is 10.0 Å². The molecule has 2 aliphatic rings. The summed E-state index contributed by atoms with van der Waals surface area (Å²) in [6, 6.07) is 3.34. The molecule has 2 aromatic heterocycles. The van der Waals surface area contributed by atoms with Crippen molar-refractivity contribution in [3.05, 3.63) is 30.0 Å². The third-order valence-corrected chi connectivity index (χ3v) is 6.27. The average molecular weight is 363 g/mol. The Hall–Kier alpha value is -2.00. The third-order valence-electron chi connectivity index (χ3n) is 4.87. The molecule has 1 N–H and O–H groups in total. The summed E-state index contributed by atoms with van der Waals surface area (Å²) in [4.78, 5) is 11.2. The molecule has 25 heavy (non-hydrogen) atoms. The van der Waals surface area contributed by atoms with E-state index in [1.165, 1.54) is 13.2 Å². The van der Waals surface area contributed by atoms with Crippen LogP contribution in [-0.2, 0) is 10.0 Å². The predicted molar refractivity (Wildman–Crippen MR) is 90.9 cm³/mol. The first-order valence-corrected chi connectivity index (χ1v) is 10.0. The van der Waals surface area contributed by atoms with Crippen molar-refractivity contribution in [2.45, 2.75) is 42.4 Å². The fraction of sp³-hybridized carbons (Fsp3) is 0.562. The molecule has 1 saturated heterocycles. The highest BCUT2D eigenvalue weighted by atomic mass is 32.2. The monoisotopic (exact) mass is 363 g/mol. The molecule has 2 fully saturated rings. The standard InChI is InChI=1S/C16H21N5O3S/c1-17-25(22,23)13-4-5-14(18-10-13)21-8-6-11(7-9-21)15-19-16(24-20-15)12-2-3-12/h4-5,10-12,17H,2-3,6-9H2,1H3. The average Bonchev–Trinajstić information content (AvgIpc) is 3.39. The van der Waals surface area contributed by atoms with Gasteiger partial charge in [0.1, 0.15) is 10.7 Å². The molecular formula is C16H21N5O3S. The van der Waals surface area contributed by atoms with Crippen molar-refractivity contribution in [3.8, 4) is 0 Å². The van der Waals surface area contributed by atoms with Crippen LogP contribution in [0, 0.1) is 0 Å². The first-order valence-electron chi connectivity index (χ1n) is 8.55. The van der Waals surface area contributed by atoms with E-state index in [4.69, 9.17) is 4.52 Å². The van der Waals surface area contributed by atoms with Gasteiger partial charge in [0.05, 0.1) is 0 Å². The second-order valence-corrected chi connectivity index (χ2v) is 8.47. The number of hydrogen-bond donors (Lipinski definition) is 1. The van der Waals surface area contributed by atoms with Gasteiger partial charge in [0, 0.05) is 31.1 Å². The van der Waals surface area contributed by atoms with Crippen molar-refractivity contribution in [1.82, 2.24) is 19.8 Å². The molecule has 0 unspecified atom stereocenters. The normalized spacial score (nSPS) is 19.3. The third kappa shape index (κ3) is 3.38. The molecule has 1 aliphatic heterocycles. The van der Waals surface area contributed by atoms with Crippen molar-refractivity contribution < 1.29 is 12.9 Å². The van der Waals surface area contributed by atoms with Gasteiger partial charge < -0.3 is 9.42 Å². The maximum absolute atomic E-state index is 11.8. The van der Waals surface area contributed by atoms with Crippen LogP contribution in [0.15, 0.2) is 27.7 Å². The van der Waals surface area contributed by atoms with E-state index in [0.29, 0.717) is 11.8 Å². The molecule has 4 rings (SSSR count). The van der Waals surface area contributed by atoms with Crippen LogP contribution in [0.5, 0.6) is 0 Å². The van der Waals surface area contributed by atoms with Crippen molar-refractivity contribution in [3.63, 3.8) is 0 Å². The smallest absolute Gasteiger partial charge is 0.241 e. The van der Waals surface area contributed by atoms with Crippen LogP contribution in [0.2, 0.25) is 0 Å². The lowest BCUT2D eigenvalue weighted by Gasteiger charge is -2.31. The number of aromatic nitrogens is 3. The molecule has 9 heteroatoms. The van der Waals surface area contributed by atoms with Crippen LogP contribution < -0.4 is 9.62 Å². The number of anilines is 1. The van der Waals surface area contributed by atoms with Crippen LogP contribution in [-0.4, -0.2) is 43.7 Å². The second-order valence-electron chi connectivity index (χ2n) is 6.59. The van der Waals surface area contributed by atoms with Crippen LogP contribution in [0.1, 0.15) is 49.2 Å². The first kappa shape index (κ1) is 16.5. The van der Waals surface area contributed by atoms with Crippen molar-refractivity contribution in [1.29, 1.82) is 0 Å². The van der Waals surface area contributed by atoms with E-state index >= 15 is 0 Å². The van der Waals surface area contributed by atoms with Gasteiger partial charge in [0.2, 0.25) is 15.9 Å². The number of rotatable bonds is 5. The molecule has 2 aromatic rings. The molecule has 0 atom stereocenters. The Morgan fingerprint density at radius 1 is 1.16 bits per heavy atom. The maximum Gasteiger partial charge on any atom is 0.241 e. The summed E-state index contributed by atoms with van der Waals surface area (Å²) >= 11 is 0. The minimum absolute atomic E-state index is 0.174. The SMILES string of the molecule is CNS(=O)(=O)c1ccc(N2CCC(c3noc(C4CC4)n3)CC2)nc1. The fourth-order valence-corrected chi connectivity index (χ4v) is 3.79. The lowest BCUT2D eigenvalue weighted by Crippen LogP contribution is -2.33. The van der Waals surface area contributed by atoms with E-state index in [1.54, 1.807) is 12.1 Å². The van der Waals surface area contributed by atoms with Crippen LogP contribution >= 0.6 is 0 Å². The van der Waals surface area contributed by atoms with Gasteiger partial charge in [-0.1, -0.05) is 5.16 Å². The topological polar surface area (TPSA) is 101 Å². The largest absolute Gasteiger partial charge is 0.357 e. The summed E-state index contributed by atoms with van der Waals surface area (Å²) in [7, 11) is -2.06. The Morgan fingerprint density at radius 2 is 1.92 bits per heavy atom. The lowest BCUT2D eigenvalue weighted by atomic mass is 9.96. The van der Waals surface area contributed by atoms with Gasteiger partial charge >= 0.3 is 0 Å². The van der Waals surface area contributed by atoms with E-state index in [1.807, 2.05) is 0 Å². The van der Waals surface area contributed by atoms with Crippen molar-refractivity contribution in [2.24, 2.45) is 0 Å². The summed E-state index contributed by atoms with van der Waals surface area (Å²) < 4.78 is 31.2. The molecule has 134 valence electrons. The van der Waals surface area contributed by atoms with Gasteiger partial charge in [0.15, 0.2) is 5.82 Å². The highest BCUT2D eigenvalue weighted by Crippen LogP contribution is 2.39. The molecule has 0 bridgehead atoms. The van der Waals surface area contributed by atoms with E-state index in [-0.39, 0.29) is 4.90 Å². The van der Waals surface area contributed by atoms with Gasteiger partial charge in [-0.05, 0) is 44.9 Å². The molecule has 8 nitrogen and oxygen atoms in total. The quantitative estimate of drug-likeness (QED) is 0.861. The summed E-state index contributed by atoms with van der Waals surface area (Å²) in [5.74, 6) is 3.21. The van der Waals surface area contributed by atoms with Crippen LogP contribution in [0.25, 0.3) is 0 Å². The predicted octanol–water partition coefficient (Wildman–Crippen LogP) is 1.63. The Balaban J connectivity index is 1.39. The van der Waals surface area contributed by atoms with E-state index in [2.05, 4.69) is 24.7 Å². The molecule has 1 saturated carbocycles. The number of nitrogens with one attached hydrogen (secondary N) is 1. The highest BCUT2D eigenvalue weighted by Gasteiger charge is 2.32. The zero-order chi connectivity index (χ0) is 17.4. The Labute approximate surface area is 146 Å². The lowest BCUT2D eigenvalue weighted by molar-refractivity contribution is 0.364. The van der Waals surface area contributed by atoms with Gasteiger partial charge in [-0.25, -0.2) is 18.1 Å². The van der Waals surface area contributed by atoms with Gasteiger partial charge in [0.25, 0.3) is 0 Å². The molecule has 3 heterocycles. The Bertz CT molecular complexity index is 837. The zero-order valence-electron chi connectivity index (χ0n) is 14.1. The second kappa shape index (κ2) is 6.38. The summed E-state index contributed by atoms with van der Waals surface area (Å²) in [5, 5.41) is 4.15. The molecule has 0 spiro atoms. The number of hydrogen-bond acceptors (Lipinski definition) is 7. The highest BCUT2D eigenvalue weighted by molar-refractivity contribution is 7.89. The van der Waals surface area contributed by atoms with E-state index in [9.17, 15) is 8.42 Å². The molecule has 0 aromatic carbocycles. The number of nitrogens with zero attached hydrogens (tertiary/aromatic N) is 4. The zero-order valence-corrected chi connectivity index (χ0v) is 14.9. The minimum atomic E-state index is -3.45. The number of sulfonamides is 1. The maximum atomic E-state index is 11.8. The molecule has 1 aliphatic carbocycles. The van der Waals surface area contributed by atoms with Crippen molar-refractivity contribution >= 4 is 15.8 Å². The first-order chi connectivity index (χ1) is 12.1. The number of piperidine rings is 1. The fourth-order valence-electron chi connectivity index (χ4n) is 3.11. The van der Waals surface area contributed by atoms with Crippen LogP contribution in [0.3, 0.4) is 0 Å². The Kier molecular flexibility index (Phi) is 4.20. The Morgan fingerprint density at radius 3 is 2.52 bits per heavy atom. The molecular weight excluding hydrogens is 342 g/mol. The van der Waals surface area contributed by atoms with Crippen LogP contribution in [0.4, 0.5) is 5.82 Å². The summed E-state index contributed by atoms with van der Waals surface area (Å²) in [5.41, 5.74) is 0.